The highest BCUT2D eigenvalue weighted by atomic mass is 35.5. The molecule has 3 rings (SSSR count). The van der Waals surface area contributed by atoms with Gasteiger partial charge in [-0.2, -0.15) is 0 Å². The number of amidine groups is 1. The summed E-state index contributed by atoms with van der Waals surface area (Å²) >= 11 is 0. The van der Waals surface area contributed by atoms with Crippen LogP contribution in [0.5, 0.6) is 0 Å². The SMILES string of the molecule is Cl.Fc1ccc(NC(=NC2CCCCC2)c2ccccc2)cc1. The number of hydrogen-bond donors (Lipinski definition) is 1. The molecule has 2 aromatic carbocycles. The molecular formula is C19H22ClFN2. The molecule has 2 aromatic rings. The summed E-state index contributed by atoms with van der Waals surface area (Å²) in [6.45, 7) is 0. The fourth-order valence-corrected chi connectivity index (χ4v) is 2.84. The molecule has 0 radical (unpaired) electrons. The van der Waals surface area contributed by atoms with E-state index in [9.17, 15) is 4.39 Å². The first-order valence-corrected chi connectivity index (χ1v) is 7.97. The van der Waals surface area contributed by atoms with E-state index in [4.69, 9.17) is 4.99 Å². The van der Waals surface area contributed by atoms with Gasteiger partial charge in [-0.15, -0.1) is 12.4 Å². The standard InChI is InChI=1S/C19H21FN2.ClH/c20-16-11-13-18(14-12-16)22-19(15-7-3-1-4-8-15)21-17-9-5-2-6-10-17;/h1,3-4,7-8,11-14,17H,2,5-6,9-10H2,(H,21,22);1H. The molecule has 1 N–H and O–H groups in total. The van der Waals surface area contributed by atoms with Crippen LogP contribution < -0.4 is 5.32 Å². The van der Waals surface area contributed by atoms with E-state index < -0.39 is 0 Å². The van der Waals surface area contributed by atoms with Crippen molar-refractivity contribution >= 4 is 23.9 Å². The van der Waals surface area contributed by atoms with Crippen LogP contribution in [0.1, 0.15) is 37.7 Å². The number of aliphatic imine (C=N–C) groups is 1. The van der Waals surface area contributed by atoms with E-state index in [-0.39, 0.29) is 18.2 Å². The summed E-state index contributed by atoms with van der Waals surface area (Å²) in [5.74, 6) is 0.648. The molecule has 1 aliphatic carbocycles. The fourth-order valence-electron chi connectivity index (χ4n) is 2.84. The second-order valence-electron chi connectivity index (χ2n) is 5.77. The van der Waals surface area contributed by atoms with Crippen molar-refractivity contribution in [3.8, 4) is 0 Å². The summed E-state index contributed by atoms with van der Waals surface area (Å²) in [4.78, 5) is 4.94. The average Bonchev–Trinajstić information content (AvgIpc) is 2.58. The number of rotatable bonds is 3. The van der Waals surface area contributed by atoms with Gasteiger partial charge in [0.15, 0.2) is 0 Å². The Morgan fingerprint density at radius 3 is 2.22 bits per heavy atom. The van der Waals surface area contributed by atoms with Crippen LogP contribution in [0.25, 0.3) is 0 Å². The van der Waals surface area contributed by atoms with Crippen molar-refractivity contribution in [2.45, 2.75) is 38.1 Å². The van der Waals surface area contributed by atoms with Crippen LogP contribution in [-0.2, 0) is 0 Å². The van der Waals surface area contributed by atoms with Gasteiger partial charge in [-0.3, -0.25) is 4.99 Å². The molecule has 0 saturated heterocycles. The van der Waals surface area contributed by atoms with Gasteiger partial charge < -0.3 is 5.32 Å². The zero-order chi connectivity index (χ0) is 15.2. The Hall–Kier alpha value is -1.87. The summed E-state index contributed by atoms with van der Waals surface area (Å²) < 4.78 is 13.1. The van der Waals surface area contributed by atoms with Crippen molar-refractivity contribution < 1.29 is 4.39 Å². The first kappa shape index (κ1) is 17.5. The lowest BCUT2D eigenvalue weighted by molar-refractivity contribution is 0.443. The number of anilines is 1. The number of nitrogens with zero attached hydrogens (tertiary/aromatic N) is 1. The molecule has 23 heavy (non-hydrogen) atoms. The molecule has 0 aliphatic heterocycles. The third-order valence-corrected chi connectivity index (χ3v) is 4.04. The molecule has 1 fully saturated rings. The van der Waals surface area contributed by atoms with Crippen LogP contribution in [0.4, 0.5) is 10.1 Å². The Labute approximate surface area is 143 Å². The van der Waals surface area contributed by atoms with Gasteiger partial charge in [0.05, 0.1) is 6.04 Å². The molecule has 0 spiro atoms. The largest absolute Gasteiger partial charge is 0.340 e. The molecule has 4 heteroatoms. The maximum atomic E-state index is 13.1. The van der Waals surface area contributed by atoms with Crippen molar-refractivity contribution in [2.24, 2.45) is 4.99 Å². The Balaban J connectivity index is 0.00000192. The second kappa shape index (κ2) is 8.68. The van der Waals surface area contributed by atoms with Gasteiger partial charge in [-0.05, 0) is 37.1 Å². The molecule has 0 heterocycles. The van der Waals surface area contributed by atoms with Gasteiger partial charge in [0.1, 0.15) is 11.7 Å². The zero-order valence-electron chi connectivity index (χ0n) is 13.0. The zero-order valence-corrected chi connectivity index (χ0v) is 13.9. The molecule has 122 valence electrons. The van der Waals surface area contributed by atoms with Gasteiger partial charge in [0, 0.05) is 11.3 Å². The third kappa shape index (κ3) is 5.07. The first-order valence-electron chi connectivity index (χ1n) is 7.97. The number of nitrogens with one attached hydrogen (secondary N) is 1. The van der Waals surface area contributed by atoms with Gasteiger partial charge in [-0.25, -0.2) is 4.39 Å². The van der Waals surface area contributed by atoms with Crippen molar-refractivity contribution in [3.63, 3.8) is 0 Å². The predicted octanol–water partition coefficient (Wildman–Crippen LogP) is 5.44. The van der Waals surface area contributed by atoms with Gasteiger partial charge in [0.2, 0.25) is 0 Å². The Kier molecular flexibility index (Phi) is 6.60. The smallest absolute Gasteiger partial charge is 0.133 e. The summed E-state index contributed by atoms with van der Waals surface area (Å²) in [5.41, 5.74) is 1.93. The molecule has 0 aromatic heterocycles. The van der Waals surface area contributed by atoms with E-state index in [2.05, 4.69) is 17.4 Å². The molecule has 1 saturated carbocycles. The number of halogens is 2. The van der Waals surface area contributed by atoms with Crippen molar-refractivity contribution in [1.29, 1.82) is 0 Å². The highest BCUT2D eigenvalue weighted by molar-refractivity contribution is 6.08. The molecule has 2 nitrogen and oxygen atoms in total. The maximum Gasteiger partial charge on any atom is 0.133 e. The molecule has 0 unspecified atom stereocenters. The molecule has 1 aliphatic rings. The summed E-state index contributed by atoms with van der Waals surface area (Å²) in [6, 6.07) is 16.9. The van der Waals surface area contributed by atoms with Crippen LogP contribution in [0.3, 0.4) is 0 Å². The highest BCUT2D eigenvalue weighted by Crippen LogP contribution is 2.21. The van der Waals surface area contributed by atoms with E-state index >= 15 is 0 Å². The van der Waals surface area contributed by atoms with Gasteiger partial charge >= 0.3 is 0 Å². The van der Waals surface area contributed by atoms with Crippen LogP contribution in [0, 0.1) is 5.82 Å². The topological polar surface area (TPSA) is 24.4 Å². The van der Waals surface area contributed by atoms with E-state index in [1.807, 2.05) is 18.2 Å². The third-order valence-electron chi connectivity index (χ3n) is 4.04. The van der Waals surface area contributed by atoms with Crippen LogP contribution >= 0.6 is 12.4 Å². The monoisotopic (exact) mass is 332 g/mol. The number of benzene rings is 2. The Morgan fingerprint density at radius 1 is 0.913 bits per heavy atom. The van der Waals surface area contributed by atoms with Crippen molar-refractivity contribution in [1.82, 2.24) is 0 Å². The van der Waals surface area contributed by atoms with E-state index in [1.54, 1.807) is 12.1 Å². The van der Waals surface area contributed by atoms with Gasteiger partial charge in [0.25, 0.3) is 0 Å². The minimum Gasteiger partial charge on any atom is -0.340 e. The first-order chi connectivity index (χ1) is 10.8. The summed E-state index contributed by atoms with van der Waals surface area (Å²) in [6.07, 6.45) is 6.14. The predicted molar refractivity (Wildman–Crippen MR) is 97.1 cm³/mol. The van der Waals surface area contributed by atoms with Crippen LogP contribution in [-0.4, -0.2) is 11.9 Å². The Morgan fingerprint density at radius 2 is 1.57 bits per heavy atom. The Bertz CT molecular complexity index is 620. The summed E-state index contributed by atoms with van der Waals surface area (Å²) in [7, 11) is 0. The molecule has 0 atom stereocenters. The van der Waals surface area contributed by atoms with Crippen molar-refractivity contribution in [3.05, 3.63) is 66.0 Å². The minimum atomic E-state index is -0.226. The molecular weight excluding hydrogens is 311 g/mol. The normalized spacial score (nSPS) is 15.8. The fraction of sp³-hybridized carbons (Fsp3) is 0.316. The lowest BCUT2D eigenvalue weighted by Crippen LogP contribution is -2.19. The number of hydrogen-bond acceptors (Lipinski definition) is 1. The van der Waals surface area contributed by atoms with Crippen molar-refractivity contribution in [2.75, 3.05) is 5.32 Å². The lowest BCUT2D eigenvalue weighted by atomic mass is 9.96. The van der Waals surface area contributed by atoms with E-state index in [1.165, 1.54) is 31.4 Å². The molecule has 0 bridgehead atoms. The van der Waals surface area contributed by atoms with Crippen LogP contribution in [0.15, 0.2) is 59.6 Å². The highest BCUT2D eigenvalue weighted by Gasteiger charge is 2.14. The molecule has 0 amide bonds. The quantitative estimate of drug-likeness (QED) is 0.587. The lowest BCUT2D eigenvalue weighted by Gasteiger charge is -2.20. The van der Waals surface area contributed by atoms with Gasteiger partial charge in [-0.1, -0.05) is 49.6 Å². The minimum absolute atomic E-state index is 0. The van der Waals surface area contributed by atoms with E-state index in [0.717, 1.165) is 29.9 Å². The maximum absolute atomic E-state index is 13.1. The average molecular weight is 333 g/mol. The van der Waals surface area contributed by atoms with Crippen LogP contribution in [0.2, 0.25) is 0 Å². The summed E-state index contributed by atoms with van der Waals surface area (Å²) in [5, 5.41) is 3.35. The van der Waals surface area contributed by atoms with E-state index in [0.29, 0.717) is 6.04 Å². The second-order valence-corrected chi connectivity index (χ2v) is 5.77.